The maximum absolute atomic E-state index is 12.5. The number of esters is 1. The predicted molar refractivity (Wildman–Crippen MR) is 124 cm³/mol. The fraction of sp³-hybridized carbons (Fsp3) is 0.385. The van der Waals surface area contributed by atoms with Crippen molar-refractivity contribution in [1.29, 1.82) is 0 Å². The van der Waals surface area contributed by atoms with Crippen molar-refractivity contribution < 1.29 is 28.7 Å². The van der Waals surface area contributed by atoms with E-state index in [0.717, 1.165) is 23.3 Å². The highest BCUT2D eigenvalue weighted by molar-refractivity contribution is 6.07. The van der Waals surface area contributed by atoms with Crippen molar-refractivity contribution >= 4 is 29.4 Å². The molecule has 1 saturated heterocycles. The molecule has 178 valence electrons. The van der Waals surface area contributed by atoms with Gasteiger partial charge < -0.3 is 14.8 Å². The molecule has 1 N–H and O–H groups in total. The molecule has 2 aromatic carbocycles. The second-order valence-corrected chi connectivity index (χ2v) is 8.68. The highest BCUT2D eigenvalue weighted by Gasteiger charge is 2.48. The number of fused-ring (bicyclic) bond motifs is 1. The Labute approximate surface area is 198 Å². The number of nitrogens with zero attached hydrogens (tertiary/aromatic N) is 1. The molecule has 1 saturated carbocycles. The van der Waals surface area contributed by atoms with Crippen LogP contribution in [0, 0.1) is 11.8 Å². The van der Waals surface area contributed by atoms with Crippen LogP contribution >= 0.6 is 0 Å². The van der Waals surface area contributed by atoms with Crippen molar-refractivity contribution in [3.8, 4) is 5.75 Å². The van der Waals surface area contributed by atoms with Gasteiger partial charge in [-0.2, -0.15) is 0 Å². The molecule has 34 heavy (non-hydrogen) atoms. The van der Waals surface area contributed by atoms with Gasteiger partial charge >= 0.3 is 5.97 Å². The van der Waals surface area contributed by atoms with Gasteiger partial charge in [-0.15, -0.1) is 0 Å². The van der Waals surface area contributed by atoms with Gasteiger partial charge in [-0.3, -0.25) is 24.1 Å². The first kappa shape index (κ1) is 23.5. The van der Waals surface area contributed by atoms with E-state index in [1.54, 1.807) is 24.3 Å². The molecule has 1 aliphatic heterocycles. The van der Waals surface area contributed by atoms with Gasteiger partial charge in [-0.25, -0.2) is 0 Å². The van der Waals surface area contributed by atoms with Crippen LogP contribution in [-0.4, -0.2) is 41.2 Å². The number of amides is 3. The van der Waals surface area contributed by atoms with Gasteiger partial charge in [0.15, 0.2) is 6.10 Å². The SMILES string of the molecule is CC(OC(=O)CN1C(=O)C2CCCCC2C1=O)C(=O)Nc1ccc(OCc2ccccc2)cc1. The molecular weight excluding hydrogens is 436 g/mol. The Morgan fingerprint density at radius 1 is 0.971 bits per heavy atom. The van der Waals surface area contributed by atoms with Crippen LogP contribution in [0.25, 0.3) is 0 Å². The van der Waals surface area contributed by atoms with E-state index in [4.69, 9.17) is 9.47 Å². The van der Waals surface area contributed by atoms with E-state index in [0.29, 0.717) is 30.9 Å². The maximum atomic E-state index is 12.5. The van der Waals surface area contributed by atoms with E-state index >= 15 is 0 Å². The molecule has 8 nitrogen and oxygen atoms in total. The lowest BCUT2D eigenvalue weighted by Gasteiger charge is -2.19. The van der Waals surface area contributed by atoms with Crippen LogP contribution in [0.5, 0.6) is 5.75 Å². The van der Waals surface area contributed by atoms with Crippen LogP contribution in [0.4, 0.5) is 5.69 Å². The Balaban J connectivity index is 1.24. The van der Waals surface area contributed by atoms with E-state index in [2.05, 4.69) is 5.32 Å². The Hall–Kier alpha value is -3.68. The minimum absolute atomic E-state index is 0.307. The number of benzene rings is 2. The molecule has 4 rings (SSSR count). The summed E-state index contributed by atoms with van der Waals surface area (Å²) >= 11 is 0. The molecule has 0 aromatic heterocycles. The Morgan fingerprint density at radius 2 is 1.59 bits per heavy atom. The fourth-order valence-corrected chi connectivity index (χ4v) is 4.42. The monoisotopic (exact) mass is 464 g/mol. The zero-order valence-corrected chi connectivity index (χ0v) is 19.1. The topological polar surface area (TPSA) is 102 Å². The molecule has 1 heterocycles. The third-order valence-electron chi connectivity index (χ3n) is 6.27. The minimum Gasteiger partial charge on any atom is -0.489 e. The van der Waals surface area contributed by atoms with E-state index in [9.17, 15) is 19.2 Å². The van der Waals surface area contributed by atoms with E-state index in [1.165, 1.54) is 6.92 Å². The fourth-order valence-electron chi connectivity index (χ4n) is 4.42. The molecule has 8 heteroatoms. The number of imide groups is 1. The minimum atomic E-state index is -1.09. The lowest BCUT2D eigenvalue weighted by atomic mass is 9.81. The predicted octanol–water partition coefficient (Wildman–Crippen LogP) is 3.31. The average Bonchev–Trinajstić information content (AvgIpc) is 3.09. The summed E-state index contributed by atoms with van der Waals surface area (Å²) in [5, 5.41) is 2.68. The zero-order chi connectivity index (χ0) is 24.1. The van der Waals surface area contributed by atoms with Gasteiger partial charge in [0.1, 0.15) is 18.9 Å². The number of carbonyl (C=O) groups is 4. The van der Waals surface area contributed by atoms with E-state index in [1.807, 2.05) is 30.3 Å². The molecule has 2 fully saturated rings. The summed E-state index contributed by atoms with van der Waals surface area (Å²) in [6.07, 6.45) is 2.09. The second kappa shape index (κ2) is 10.5. The molecule has 1 aliphatic carbocycles. The Kier molecular flexibility index (Phi) is 7.25. The largest absolute Gasteiger partial charge is 0.489 e. The van der Waals surface area contributed by atoms with E-state index < -0.39 is 24.5 Å². The van der Waals surface area contributed by atoms with Gasteiger partial charge in [0.2, 0.25) is 11.8 Å². The first-order valence-corrected chi connectivity index (χ1v) is 11.5. The van der Waals surface area contributed by atoms with Crippen molar-refractivity contribution in [3.05, 3.63) is 60.2 Å². The third-order valence-corrected chi connectivity index (χ3v) is 6.27. The summed E-state index contributed by atoms with van der Waals surface area (Å²) in [7, 11) is 0. The Morgan fingerprint density at radius 3 is 2.21 bits per heavy atom. The smallest absolute Gasteiger partial charge is 0.326 e. The van der Waals surface area contributed by atoms with Gasteiger partial charge in [0.05, 0.1) is 11.8 Å². The van der Waals surface area contributed by atoms with Crippen LogP contribution in [0.2, 0.25) is 0 Å². The highest BCUT2D eigenvalue weighted by Crippen LogP contribution is 2.37. The summed E-state index contributed by atoms with van der Waals surface area (Å²) < 4.78 is 10.9. The molecule has 0 bridgehead atoms. The van der Waals surface area contributed by atoms with Crippen LogP contribution < -0.4 is 10.1 Å². The van der Waals surface area contributed by atoms with Gasteiger partial charge in [-0.1, -0.05) is 43.2 Å². The van der Waals surface area contributed by atoms with Gasteiger partial charge in [0.25, 0.3) is 5.91 Å². The lowest BCUT2D eigenvalue weighted by Crippen LogP contribution is -2.39. The molecule has 3 unspecified atom stereocenters. The quantitative estimate of drug-likeness (QED) is 0.475. The van der Waals surface area contributed by atoms with Crippen molar-refractivity contribution in [2.24, 2.45) is 11.8 Å². The lowest BCUT2D eigenvalue weighted by molar-refractivity contribution is -0.158. The van der Waals surface area contributed by atoms with Gasteiger partial charge in [0, 0.05) is 5.69 Å². The number of likely N-dealkylation sites (tertiary alicyclic amines) is 1. The number of carbonyl (C=O) groups excluding carboxylic acids is 4. The number of hydrogen-bond acceptors (Lipinski definition) is 6. The number of rotatable bonds is 8. The number of anilines is 1. The van der Waals surface area contributed by atoms with Crippen LogP contribution in [-0.2, 0) is 30.5 Å². The zero-order valence-electron chi connectivity index (χ0n) is 19.1. The second-order valence-electron chi connectivity index (χ2n) is 8.68. The molecule has 0 spiro atoms. The van der Waals surface area contributed by atoms with Crippen molar-refractivity contribution in [3.63, 3.8) is 0 Å². The summed E-state index contributed by atoms with van der Waals surface area (Å²) in [5.41, 5.74) is 1.57. The summed E-state index contributed by atoms with van der Waals surface area (Å²) in [6, 6.07) is 16.6. The van der Waals surface area contributed by atoms with Crippen molar-refractivity contribution in [2.75, 3.05) is 11.9 Å². The molecule has 3 amide bonds. The summed E-state index contributed by atoms with van der Waals surface area (Å²) in [6.45, 7) is 1.41. The normalized spacial score (nSPS) is 20.4. The average molecular weight is 465 g/mol. The summed E-state index contributed by atoms with van der Waals surface area (Å²) in [5.74, 6) is -1.91. The molecule has 0 radical (unpaired) electrons. The number of hydrogen-bond donors (Lipinski definition) is 1. The maximum Gasteiger partial charge on any atom is 0.326 e. The molecule has 2 aliphatic rings. The Bertz CT molecular complexity index is 1030. The van der Waals surface area contributed by atoms with Crippen molar-refractivity contribution in [2.45, 2.75) is 45.3 Å². The van der Waals surface area contributed by atoms with E-state index in [-0.39, 0.29) is 23.7 Å². The third kappa shape index (κ3) is 5.44. The van der Waals surface area contributed by atoms with Crippen molar-refractivity contribution in [1.82, 2.24) is 4.90 Å². The first-order valence-electron chi connectivity index (χ1n) is 11.5. The summed E-state index contributed by atoms with van der Waals surface area (Å²) in [4.78, 5) is 50.8. The number of ether oxygens (including phenoxy) is 2. The van der Waals surface area contributed by atoms with Crippen LogP contribution in [0.15, 0.2) is 54.6 Å². The molecular formula is C26H28N2O6. The number of nitrogens with one attached hydrogen (secondary N) is 1. The van der Waals surface area contributed by atoms with Crippen LogP contribution in [0.3, 0.4) is 0 Å². The van der Waals surface area contributed by atoms with Gasteiger partial charge in [-0.05, 0) is 49.6 Å². The highest BCUT2D eigenvalue weighted by atomic mass is 16.5. The van der Waals surface area contributed by atoms with Crippen LogP contribution in [0.1, 0.15) is 38.2 Å². The standard InChI is InChI=1S/C26H28N2O6/c1-17(34-23(29)15-28-25(31)21-9-5-6-10-22(21)26(28)32)24(30)27-19-11-13-20(14-12-19)33-16-18-7-3-2-4-8-18/h2-4,7-8,11-14,17,21-22H,5-6,9-10,15-16H2,1H3,(H,27,30). The molecule has 3 atom stereocenters. The first-order chi connectivity index (χ1) is 16.4. The molecule has 2 aromatic rings.